The zero-order chi connectivity index (χ0) is 31.8. The number of nitrogens with zero attached hydrogens (tertiary/aromatic N) is 1. The molecule has 6 aromatic rings. The van der Waals surface area contributed by atoms with Crippen LogP contribution < -0.4 is 4.90 Å². The summed E-state index contributed by atoms with van der Waals surface area (Å²) in [4.78, 5) is 2.48. The van der Waals surface area contributed by atoms with E-state index in [0.29, 0.717) is 0 Å². The number of hydrogen-bond donors (Lipinski definition) is 0. The third kappa shape index (κ3) is 4.43. The minimum Gasteiger partial charge on any atom is -0.310 e. The second-order valence-corrected chi connectivity index (χ2v) is 15.3. The van der Waals surface area contributed by atoms with Crippen molar-refractivity contribution in [3.05, 3.63) is 150 Å². The van der Waals surface area contributed by atoms with Gasteiger partial charge in [0.05, 0.1) is 5.69 Å². The Morgan fingerprint density at radius 2 is 1.11 bits per heavy atom. The minimum atomic E-state index is -0.104. The van der Waals surface area contributed by atoms with Gasteiger partial charge in [-0.05, 0) is 110 Å². The van der Waals surface area contributed by atoms with Gasteiger partial charge in [-0.3, -0.25) is 0 Å². The number of hydrogen-bond acceptors (Lipinski definition) is 1. The van der Waals surface area contributed by atoms with Crippen LogP contribution in [0, 0.1) is 0 Å². The molecule has 228 valence electrons. The van der Waals surface area contributed by atoms with Crippen LogP contribution in [0.2, 0.25) is 0 Å². The fraction of sp³-hybridized carbons (Fsp3) is 0.244. The van der Waals surface area contributed by atoms with Crippen molar-refractivity contribution in [2.45, 2.75) is 70.6 Å². The van der Waals surface area contributed by atoms with Gasteiger partial charge in [-0.15, -0.1) is 0 Å². The lowest BCUT2D eigenvalue weighted by atomic mass is 9.63. The van der Waals surface area contributed by atoms with Crippen LogP contribution in [0.1, 0.15) is 76.6 Å². The van der Waals surface area contributed by atoms with E-state index < -0.39 is 0 Å². The fourth-order valence-electron chi connectivity index (χ4n) is 8.23. The molecular weight excluding hydrogens is 555 g/mol. The zero-order valence-corrected chi connectivity index (χ0v) is 28.0. The standard InChI is InChI=1S/C45H43N/c1-43(2)24-25-44(3,4)41-27-32(21-23-39(41)43)36-28-37-35-18-12-13-19-38(35)45(5,6)40(37)29-42(36)46(33-16-8-7-9-17-33)34-22-20-30-14-10-11-15-31(30)26-34/h7-23,26-29H,24-25H2,1-6H3. The van der Waals surface area contributed by atoms with Crippen molar-refractivity contribution in [3.63, 3.8) is 0 Å². The summed E-state index contributed by atoms with van der Waals surface area (Å²) in [6.45, 7) is 14.5. The van der Waals surface area contributed by atoms with Crippen LogP contribution in [-0.4, -0.2) is 0 Å². The molecule has 8 rings (SSSR count). The summed E-state index contributed by atoms with van der Waals surface area (Å²) in [6, 6.07) is 47.8. The van der Waals surface area contributed by atoms with E-state index >= 15 is 0 Å². The molecule has 2 aliphatic rings. The van der Waals surface area contributed by atoms with E-state index in [0.717, 1.165) is 5.69 Å². The summed E-state index contributed by atoms with van der Waals surface area (Å²) in [5.74, 6) is 0. The van der Waals surface area contributed by atoms with Gasteiger partial charge in [0.2, 0.25) is 0 Å². The smallest absolute Gasteiger partial charge is 0.0543 e. The quantitative estimate of drug-likeness (QED) is 0.195. The summed E-state index contributed by atoms with van der Waals surface area (Å²) in [5, 5.41) is 2.50. The molecule has 0 fully saturated rings. The van der Waals surface area contributed by atoms with Crippen LogP contribution in [0.25, 0.3) is 33.0 Å². The molecule has 46 heavy (non-hydrogen) atoms. The Bertz CT molecular complexity index is 2130. The lowest BCUT2D eigenvalue weighted by Crippen LogP contribution is -2.33. The molecule has 0 spiro atoms. The number of fused-ring (bicyclic) bond motifs is 5. The van der Waals surface area contributed by atoms with Crippen LogP contribution in [0.4, 0.5) is 17.1 Å². The Morgan fingerprint density at radius 1 is 0.435 bits per heavy atom. The number of anilines is 3. The van der Waals surface area contributed by atoms with E-state index in [2.05, 4.69) is 174 Å². The topological polar surface area (TPSA) is 3.24 Å². The van der Waals surface area contributed by atoms with Crippen molar-refractivity contribution >= 4 is 27.8 Å². The molecule has 1 heteroatoms. The summed E-state index contributed by atoms with van der Waals surface area (Å²) in [6.07, 6.45) is 2.41. The van der Waals surface area contributed by atoms with Crippen molar-refractivity contribution in [3.8, 4) is 22.3 Å². The first-order valence-electron chi connectivity index (χ1n) is 16.8. The second-order valence-electron chi connectivity index (χ2n) is 15.3. The summed E-state index contributed by atoms with van der Waals surface area (Å²) >= 11 is 0. The van der Waals surface area contributed by atoms with E-state index in [-0.39, 0.29) is 16.2 Å². The van der Waals surface area contributed by atoms with E-state index in [1.807, 2.05) is 0 Å². The first-order chi connectivity index (χ1) is 22.0. The Hall–Kier alpha value is -4.62. The average Bonchev–Trinajstić information content (AvgIpc) is 3.29. The molecule has 0 aliphatic heterocycles. The molecule has 0 saturated carbocycles. The molecule has 0 bridgehead atoms. The van der Waals surface area contributed by atoms with Gasteiger partial charge in [0.25, 0.3) is 0 Å². The Balaban J connectivity index is 1.44. The number of rotatable bonds is 4. The third-order valence-corrected chi connectivity index (χ3v) is 11.1. The maximum atomic E-state index is 2.52. The predicted octanol–water partition coefficient (Wildman–Crippen LogP) is 12.6. The Labute approximate surface area is 274 Å². The van der Waals surface area contributed by atoms with Gasteiger partial charge >= 0.3 is 0 Å². The fourth-order valence-corrected chi connectivity index (χ4v) is 8.23. The van der Waals surface area contributed by atoms with Crippen molar-refractivity contribution in [2.75, 3.05) is 4.90 Å². The maximum absolute atomic E-state index is 2.52. The predicted molar refractivity (Wildman–Crippen MR) is 197 cm³/mol. The molecule has 6 aromatic carbocycles. The highest BCUT2D eigenvalue weighted by Gasteiger charge is 2.39. The van der Waals surface area contributed by atoms with Gasteiger partial charge in [0.15, 0.2) is 0 Å². The third-order valence-electron chi connectivity index (χ3n) is 11.1. The lowest BCUT2D eigenvalue weighted by molar-refractivity contribution is 0.332. The van der Waals surface area contributed by atoms with Crippen molar-refractivity contribution in [1.29, 1.82) is 0 Å². The molecule has 1 nitrogen and oxygen atoms in total. The van der Waals surface area contributed by atoms with Gasteiger partial charge in [0, 0.05) is 22.4 Å². The molecule has 0 N–H and O–H groups in total. The van der Waals surface area contributed by atoms with Crippen molar-refractivity contribution < 1.29 is 0 Å². The first-order valence-corrected chi connectivity index (χ1v) is 16.8. The van der Waals surface area contributed by atoms with E-state index in [4.69, 9.17) is 0 Å². The van der Waals surface area contributed by atoms with E-state index in [1.54, 1.807) is 0 Å². The van der Waals surface area contributed by atoms with E-state index in [1.165, 1.54) is 79.5 Å². The molecule has 0 saturated heterocycles. The van der Waals surface area contributed by atoms with Crippen LogP contribution in [-0.2, 0) is 16.2 Å². The summed E-state index contributed by atoms with van der Waals surface area (Å²) in [7, 11) is 0. The second kappa shape index (κ2) is 10.2. The van der Waals surface area contributed by atoms with Crippen LogP contribution in [0.5, 0.6) is 0 Å². The summed E-state index contributed by atoms with van der Waals surface area (Å²) < 4.78 is 0. The highest BCUT2D eigenvalue weighted by atomic mass is 15.1. The Morgan fingerprint density at radius 3 is 1.89 bits per heavy atom. The SMILES string of the molecule is CC1(C)CCC(C)(C)c2cc(-c3cc4c(cc3N(c3ccccc3)c3ccc5ccccc5c3)C(C)(C)c3ccccc3-4)ccc21. The lowest BCUT2D eigenvalue weighted by Gasteiger charge is -2.42. The first kappa shape index (κ1) is 28.8. The highest BCUT2D eigenvalue weighted by Crippen LogP contribution is 2.54. The zero-order valence-electron chi connectivity index (χ0n) is 28.0. The van der Waals surface area contributed by atoms with Gasteiger partial charge < -0.3 is 4.90 Å². The Kier molecular flexibility index (Phi) is 6.39. The number of benzene rings is 6. The largest absolute Gasteiger partial charge is 0.310 e. The van der Waals surface area contributed by atoms with Gasteiger partial charge in [0.1, 0.15) is 0 Å². The monoisotopic (exact) mass is 597 g/mol. The van der Waals surface area contributed by atoms with E-state index in [9.17, 15) is 0 Å². The van der Waals surface area contributed by atoms with Gasteiger partial charge in [-0.25, -0.2) is 0 Å². The molecule has 0 heterocycles. The molecule has 0 atom stereocenters. The molecule has 2 aliphatic carbocycles. The summed E-state index contributed by atoms with van der Waals surface area (Å²) in [5.41, 5.74) is 14.8. The van der Waals surface area contributed by atoms with Crippen molar-refractivity contribution in [2.24, 2.45) is 0 Å². The van der Waals surface area contributed by atoms with Gasteiger partial charge in [-0.1, -0.05) is 133 Å². The normalized spacial score (nSPS) is 16.8. The average molecular weight is 598 g/mol. The number of para-hydroxylation sites is 1. The van der Waals surface area contributed by atoms with Crippen LogP contribution >= 0.6 is 0 Å². The molecule has 0 aromatic heterocycles. The van der Waals surface area contributed by atoms with Gasteiger partial charge in [-0.2, -0.15) is 0 Å². The van der Waals surface area contributed by atoms with Crippen LogP contribution in [0.15, 0.2) is 127 Å². The highest BCUT2D eigenvalue weighted by molar-refractivity contribution is 5.96. The maximum Gasteiger partial charge on any atom is 0.0543 e. The molecular formula is C45H43N. The minimum absolute atomic E-state index is 0.104. The van der Waals surface area contributed by atoms with Crippen molar-refractivity contribution in [1.82, 2.24) is 0 Å². The van der Waals surface area contributed by atoms with Crippen LogP contribution in [0.3, 0.4) is 0 Å². The molecule has 0 amide bonds. The molecule has 0 radical (unpaired) electrons. The molecule has 0 unspecified atom stereocenters.